The maximum Gasteiger partial charge on any atom is 0.289 e. The summed E-state index contributed by atoms with van der Waals surface area (Å²) in [7, 11) is -3.96. The van der Waals surface area contributed by atoms with Crippen LogP contribution in [0, 0.1) is 16.0 Å². The van der Waals surface area contributed by atoms with Gasteiger partial charge < -0.3 is 0 Å². The fourth-order valence-corrected chi connectivity index (χ4v) is 4.14. The molecule has 7 nitrogen and oxygen atoms in total. The molecule has 1 atom stereocenters. The van der Waals surface area contributed by atoms with E-state index in [0.29, 0.717) is 12.8 Å². The third-order valence-electron chi connectivity index (χ3n) is 3.64. The maximum atomic E-state index is 12.6. The van der Waals surface area contributed by atoms with Crippen LogP contribution in [0.2, 0.25) is 0 Å². The topological polar surface area (TPSA) is 97.6 Å². The number of piperidine rings is 1. The van der Waals surface area contributed by atoms with Crippen LogP contribution in [-0.2, 0) is 14.8 Å². The molecule has 0 bridgehead atoms. The minimum Gasteiger partial charge on any atom is -0.300 e. The lowest BCUT2D eigenvalue weighted by Crippen LogP contribution is -2.41. The van der Waals surface area contributed by atoms with Gasteiger partial charge in [0.05, 0.1) is 4.92 Å². The van der Waals surface area contributed by atoms with Crippen molar-refractivity contribution in [1.82, 2.24) is 4.31 Å². The second-order valence-electron chi connectivity index (χ2n) is 5.04. The largest absolute Gasteiger partial charge is 0.300 e. The summed E-state index contributed by atoms with van der Waals surface area (Å²) in [5.41, 5.74) is -0.442. The van der Waals surface area contributed by atoms with E-state index in [0.717, 1.165) is 0 Å². The summed E-state index contributed by atoms with van der Waals surface area (Å²) in [6.45, 7) is 1.80. The number of ketones is 1. The number of hydrogen-bond donors (Lipinski definition) is 0. The predicted molar refractivity (Wildman–Crippen MR) is 75.3 cm³/mol. The molecule has 0 radical (unpaired) electrons. The highest BCUT2D eigenvalue weighted by molar-refractivity contribution is 7.89. The van der Waals surface area contributed by atoms with Crippen LogP contribution in [0.15, 0.2) is 29.2 Å². The van der Waals surface area contributed by atoms with Crippen LogP contribution in [0.1, 0.15) is 19.8 Å². The normalized spacial score (nSPS) is 20.1. The van der Waals surface area contributed by atoms with E-state index in [4.69, 9.17) is 0 Å². The summed E-state index contributed by atoms with van der Waals surface area (Å²) in [5, 5.41) is 11.0. The summed E-state index contributed by atoms with van der Waals surface area (Å²) in [6, 6.07) is 5.27. The van der Waals surface area contributed by atoms with E-state index in [9.17, 15) is 23.3 Å². The molecule has 1 aliphatic rings. The summed E-state index contributed by atoms with van der Waals surface area (Å²) in [6.07, 6.45) is 1.22. The third kappa shape index (κ3) is 3.11. The van der Waals surface area contributed by atoms with Crippen molar-refractivity contribution in [3.8, 4) is 0 Å². The monoisotopic (exact) mass is 312 g/mol. The van der Waals surface area contributed by atoms with Gasteiger partial charge >= 0.3 is 0 Å². The molecular weight excluding hydrogens is 296 g/mol. The van der Waals surface area contributed by atoms with Crippen LogP contribution < -0.4 is 0 Å². The van der Waals surface area contributed by atoms with Crippen molar-refractivity contribution >= 4 is 21.5 Å². The zero-order chi connectivity index (χ0) is 15.6. The Kier molecular flexibility index (Phi) is 4.38. The van der Waals surface area contributed by atoms with Crippen molar-refractivity contribution in [2.45, 2.75) is 24.7 Å². The van der Waals surface area contributed by atoms with Gasteiger partial charge in [-0.25, -0.2) is 8.42 Å². The molecule has 0 saturated carbocycles. The second-order valence-corrected chi connectivity index (χ2v) is 6.94. The highest BCUT2D eigenvalue weighted by Gasteiger charge is 2.35. The lowest BCUT2D eigenvalue weighted by molar-refractivity contribution is -0.387. The number of carbonyl (C=O) groups is 1. The first-order valence-corrected chi connectivity index (χ1v) is 8.02. The van der Waals surface area contributed by atoms with Gasteiger partial charge in [-0.3, -0.25) is 14.9 Å². The van der Waals surface area contributed by atoms with Crippen molar-refractivity contribution in [2.75, 3.05) is 13.1 Å². The van der Waals surface area contributed by atoms with Crippen LogP contribution in [0.3, 0.4) is 0 Å². The van der Waals surface area contributed by atoms with Crippen LogP contribution in [-0.4, -0.2) is 36.5 Å². The molecule has 1 fully saturated rings. The minimum atomic E-state index is -3.96. The molecule has 114 valence electrons. The van der Waals surface area contributed by atoms with Gasteiger partial charge in [0.1, 0.15) is 5.78 Å². The number of carbonyl (C=O) groups excluding carboxylic acids is 1. The number of rotatable bonds is 4. The van der Waals surface area contributed by atoms with E-state index in [2.05, 4.69) is 0 Å². The van der Waals surface area contributed by atoms with Crippen molar-refractivity contribution < 1.29 is 18.1 Å². The molecule has 1 aromatic carbocycles. The average molecular weight is 312 g/mol. The van der Waals surface area contributed by atoms with Crippen molar-refractivity contribution in [1.29, 1.82) is 0 Å². The molecule has 1 aliphatic heterocycles. The zero-order valence-corrected chi connectivity index (χ0v) is 12.4. The van der Waals surface area contributed by atoms with Crippen LogP contribution in [0.5, 0.6) is 0 Å². The summed E-state index contributed by atoms with van der Waals surface area (Å²) >= 11 is 0. The first kappa shape index (κ1) is 15.6. The Hall–Kier alpha value is -1.80. The van der Waals surface area contributed by atoms with Crippen molar-refractivity contribution in [2.24, 2.45) is 5.92 Å². The van der Waals surface area contributed by atoms with Crippen LogP contribution in [0.25, 0.3) is 0 Å². The number of Topliss-reactive ketones (excluding diaryl/α,β-unsaturated/α-hetero) is 1. The third-order valence-corrected chi connectivity index (χ3v) is 5.55. The average Bonchev–Trinajstić information content (AvgIpc) is 2.47. The molecular formula is C13H16N2O5S. The van der Waals surface area contributed by atoms with Crippen molar-refractivity contribution in [3.05, 3.63) is 34.4 Å². The second kappa shape index (κ2) is 5.90. The molecule has 0 spiro atoms. The summed E-state index contributed by atoms with van der Waals surface area (Å²) in [4.78, 5) is 21.4. The number of nitrogens with zero attached hydrogens (tertiary/aromatic N) is 2. The number of nitro groups is 1. The van der Waals surface area contributed by atoms with Gasteiger partial charge in [-0.2, -0.15) is 4.31 Å². The molecule has 1 aromatic rings. The predicted octanol–water partition coefficient (Wildman–Crippen LogP) is 1.58. The van der Waals surface area contributed by atoms with Crippen LogP contribution in [0.4, 0.5) is 5.69 Å². The summed E-state index contributed by atoms with van der Waals surface area (Å²) in [5.74, 6) is -0.395. The lowest BCUT2D eigenvalue weighted by Gasteiger charge is -2.30. The van der Waals surface area contributed by atoms with E-state index in [1.54, 1.807) is 0 Å². The molecule has 0 aromatic heterocycles. The highest BCUT2D eigenvalue weighted by Crippen LogP contribution is 2.29. The van der Waals surface area contributed by atoms with Gasteiger partial charge in [0.2, 0.25) is 10.0 Å². The van der Waals surface area contributed by atoms with Gasteiger partial charge in [0, 0.05) is 25.1 Å². The van der Waals surface area contributed by atoms with Gasteiger partial charge in [-0.05, 0) is 25.8 Å². The van der Waals surface area contributed by atoms with E-state index < -0.39 is 20.6 Å². The SMILES string of the molecule is CC(=O)C1CCCN(S(=O)(=O)c2ccccc2[N+](=O)[O-])C1. The molecule has 1 unspecified atom stereocenters. The Morgan fingerprint density at radius 1 is 1.38 bits per heavy atom. The Balaban J connectivity index is 2.38. The zero-order valence-electron chi connectivity index (χ0n) is 11.6. The van der Waals surface area contributed by atoms with E-state index in [1.807, 2.05) is 0 Å². The molecule has 8 heteroatoms. The molecule has 1 saturated heterocycles. The molecule has 21 heavy (non-hydrogen) atoms. The van der Waals surface area contributed by atoms with Gasteiger partial charge in [0.25, 0.3) is 5.69 Å². The van der Waals surface area contributed by atoms with Crippen LogP contribution >= 0.6 is 0 Å². The molecule has 0 N–H and O–H groups in total. The lowest BCUT2D eigenvalue weighted by atomic mass is 9.96. The minimum absolute atomic E-state index is 0.0579. The Labute approximate surface area is 122 Å². The number of para-hydroxylation sites is 1. The smallest absolute Gasteiger partial charge is 0.289 e. The van der Waals surface area contributed by atoms with E-state index in [-0.39, 0.29) is 29.7 Å². The fourth-order valence-electron chi connectivity index (χ4n) is 2.46. The first-order valence-electron chi connectivity index (χ1n) is 6.58. The van der Waals surface area contributed by atoms with Gasteiger partial charge in [0.15, 0.2) is 4.90 Å². The molecule has 1 heterocycles. The summed E-state index contributed by atoms with van der Waals surface area (Å²) < 4.78 is 26.4. The highest BCUT2D eigenvalue weighted by atomic mass is 32.2. The van der Waals surface area contributed by atoms with E-state index in [1.165, 1.54) is 35.5 Å². The molecule has 0 amide bonds. The maximum absolute atomic E-state index is 12.6. The Morgan fingerprint density at radius 2 is 2.05 bits per heavy atom. The van der Waals surface area contributed by atoms with E-state index >= 15 is 0 Å². The number of sulfonamides is 1. The molecule has 0 aliphatic carbocycles. The number of benzene rings is 1. The fraction of sp³-hybridized carbons (Fsp3) is 0.462. The van der Waals surface area contributed by atoms with Gasteiger partial charge in [-0.1, -0.05) is 12.1 Å². The van der Waals surface area contributed by atoms with Crippen molar-refractivity contribution in [3.63, 3.8) is 0 Å². The number of hydrogen-bond acceptors (Lipinski definition) is 5. The Morgan fingerprint density at radius 3 is 2.67 bits per heavy atom. The number of nitro benzene ring substituents is 1. The first-order chi connectivity index (χ1) is 9.84. The Bertz CT molecular complexity index is 671. The standard InChI is InChI=1S/C13H16N2O5S/c1-10(16)11-5-4-8-14(9-11)21(19,20)13-7-3-2-6-12(13)15(17)18/h2-3,6-7,11H,4-5,8-9H2,1H3. The molecule has 2 rings (SSSR count). The quantitative estimate of drug-likeness (QED) is 0.621. The van der Waals surface area contributed by atoms with Gasteiger partial charge in [-0.15, -0.1) is 0 Å².